The highest BCUT2D eigenvalue weighted by Crippen LogP contribution is 2.25. The van der Waals surface area contributed by atoms with Crippen LogP contribution in [0.25, 0.3) is 22.8 Å². The molecular formula is C22H17N3O3. The third-order valence-electron chi connectivity index (χ3n) is 4.18. The highest BCUT2D eigenvalue weighted by molar-refractivity contribution is 6.05. The molecule has 0 saturated carbocycles. The number of nitrogens with one attached hydrogen (secondary N) is 1. The maximum atomic E-state index is 12.7. The molecule has 0 unspecified atom stereocenters. The van der Waals surface area contributed by atoms with Gasteiger partial charge in [-0.2, -0.15) is 4.98 Å². The van der Waals surface area contributed by atoms with Crippen molar-refractivity contribution in [3.8, 4) is 28.6 Å². The minimum atomic E-state index is -0.255. The molecule has 138 valence electrons. The van der Waals surface area contributed by atoms with Crippen molar-refractivity contribution in [2.75, 3.05) is 12.4 Å². The van der Waals surface area contributed by atoms with Crippen LogP contribution in [0, 0.1) is 0 Å². The molecule has 1 heterocycles. The monoisotopic (exact) mass is 371 g/mol. The van der Waals surface area contributed by atoms with E-state index in [1.807, 2.05) is 48.5 Å². The van der Waals surface area contributed by atoms with E-state index in [-0.39, 0.29) is 5.91 Å². The molecule has 0 saturated heterocycles. The fourth-order valence-corrected chi connectivity index (χ4v) is 2.78. The standard InChI is InChI=1S/C22H17N3O3/c1-27-19-13-6-5-12-18(19)23-21(26)16-10-7-11-17(14-16)22-24-20(25-28-22)15-8-3-2-4-9-15/h2-14H,1H3,(H,23,26). The Morgan fingerprint density at radius 2 is 1.68 bits per heavy atom. The summed E-state index contributed by atoms with van der Waals surface area (Å²) in [7, 11) is 1.56. The van der Waals surface area contributed by atoms with Crippen LogP contribution in [0.15, 0.2) is 83.4 Å². The lowest BCUT2D eigenvalue weighted by Crippen LogP contribution is -2.12. The molecule has 0 aliphatic heterocycles. The SMILES string of the molecule is COc1ccccc1NC(=O)c1cccc(-c2nc(-c3ccccc3)no2)c1. The van der Waals surface area contributed by atoms with Gasteiger partial charge < -0.3 is 14.6 Å². The molecular weight excluding hydrogens is 354 g/mol. The topological polar surface area (TPSA) is 77.2 Å². The first kappa shape index (κ1) is 17.5. The molecule has 0 aliphatic carbocycles. The van der Waals surface area contributed by atoms with Gasteiger partial charge in [0.05, 0.1) is 12.8 Å². The number of hydrogen-bond acceptors (Lipinski definition) is 5. The predicted octanol–water partition coefficient (Wildman–Crippen LogP) is 4.66. The largest absolute Gasteiger partial charge is 0.495 e. The maximum Gasteiger partial charge on any atom is 0.258 e. The van der Waals surface area contributed by atoms with Crippen molar-refractivity contribution < 1.29 is 14.1 Å². The summed E-state index contributed by atoms with van der Waals surface area (Å²) in [6, 6.07) is 23.8. The Balaban J connectivity index is 1.58. The van der Waals surface area contributed by atoms with Crippen LogP contribution in [0.1, 0.15) is 10.4 Å². The molecule has 4 rings (SSSR count). The van der Waals surface area contributed by atoms with Gasteiger partial charge in [-0.15, -0.1) is 0 Å². The number of para-hydroxylation sites is 2. The number of rotatable bonds is 5. The smallest absolute Gasteiger partial charge is 0.258 e. The summed E-state index contributed by atoms with van der Waals surface area (Å²) in [4.78, 5) is 17.1. The van der Waals surface area contributed by atoms with E-state index in [4.69, 9.17) is 9.26 Å². The summed E-state index contributed by atoms with van der Waals surface area (Å²) in [5.74, 6) is 1.19. The van der Waals surface area contributed by atoms with Crippen LogP contribution in [0.4, 0.5) is 5.69 Å². The molecule has 0 atom stereocenters. The summed E-state index contributed by atoms with van der Waals surface area (Å²) in [6.45, 7) is 0. The van der Waals surface area contributed by atoms with Gasteiger partial charge in [-0.25, -0.2) is 0 Å². The Hall–Kier alpha value is -3.93. The van der Waals surface area contributed by atoms with Gasteiger partial charge in [0, 0.05) is 16.7 Å². The van der Waals surface area contributed by atoms with Crippen molar-refractivity contribution in [3.63, 3.8) is 0 Å². The van der Waals surface area contributed by atoms with Crippen molar-refractivity contribution in [3.05, 3.63) is 84.4 Å². The molecule has 4 aromatic rings. The third-order valence-corrected chi connectivity index (χ3v) is 4.18. The summed E-state index contributed by atoms with van der Waals surface area (Å²) >= 11 is 0. The van der Waals surface area contributed by atoms with Gasteiger partial charge >= 0.3 is 0 Å². The lowest BCUT2D eigenvalue weighted by Gasteiger charge is -2.10. The summed E-state index contributed by atoms with van der Waals surface area (Å²) in [5, 5.41) is 6.88. The van der Waals surface area contributed by atoms with Gasteiger partial charge in [0.15, 0.2) is 0 Å². The van der Waals surface area contributed by atoms with Crippen LogP contribution >= 0.6 is 0 Å². The van der Waals surface area contributed by atoms with E-state index in [1.165, 1.54) is 0 Å². The first-order valence-electron chi connectivity index (χ1n) is 8.68. The fourth-order valence-electron chi connectivity index (χ4n) is 2.78. The molecule has 1 aromatic heterocycles. The van der Waals surface area contributed by atoms with Gasteiger partial charge in [-0.05, 0) is 30.3 Å². The number of ether oxygens (including phenoxy) is 1. The van der Waals surface area contributed by atoms with Crippen molar-refractivity contribution in [2.24, 2.45) is 0 Å². The van der Waals surface area contributed by atoms with Crippen molar-refractivity contribution in [2.45, 2.75) is 0 Å². The minimum absolute atomic E-state index is 0.255. The number of benzene rings is 3. The molecule has 3 aromatic carbocycles. The predicted molar refractivity (Wildman–Crippen MR) is 106 cm³/mol. The van der Waals surface area contributed by atoms with Gasteiger partial charge in [-0.3, -0.25) is 4.79 Å². The average Bonchev–Trinajstić information content (AvgIpc) is 3.25. The lowest BCUT2D eigenvalue weighted by atomic mass is 10.1. The van der Waals surface area contributed by atoms with Crippen LogP contribution in [-0.4, -0.2) is 23.2 Å². The van der Waals surface area contributed by atoms with E-state index in [0.29, 0.717) is 34.3 Å². The maximum absolute atomic E-state index is 12.7. The van der Waals surface area contributed by atoms with Crippen LogP contribution in [0.2, 0.25) is 0 Å². The Morgan fingerprint density at radius 1 is 0.929 bits per heavy atom. The van der Waals surface area contributed by atoms with Gasteiger partial charge in [-0.1, -0.05) is 53.7 Å². The zero-order valence-corrected chi connectivity index (χ0v) is 15.1. The van der Waals surface area contributed by atoms with Crippen LogP contribution in [0.3, 0.4) is 0 Å². The van der Waals surface area contributed by atoms with Crippen molar-refractivity contribution in [1.29, 1.82) is 0 Å². The number of nitrogens with zero attached hydrogens (tertiary/aromatic N) is 2. The molecule has 0 radical (unpaired) electrons. The van der Waals surface area contributed by atoms with Crippen LogP contribution in [-0.2, 0) is 0 Å². The third kappa shape index (κ3) is 3.61. The van der Waals surface area contributed by atoms with E-state index >= 15 is 0 Å². The normalized spacial score (nSPS) is 10.5. The lowest BCUT2D eigenvalue weighted by molar-refractivity contribution is 0.102. The van der Waals surface area contributed by atoms with Crippen LogP contribution in [0.5, 0.6) is 5.75 Å². The first-order chi connectivity index (χ1) is 13.7. The Labute approximate surface area is 161 Å². The Bertz CT molecular complexity index is 1110. The molecule has 0 bridgehead atoms. The number of methoxy groups -OCH3 is 1. The van der Waals surface area contributed by atoms with E-state index in [2.05, 4.69) is 15.5 Å². The molecule has 28 heavy (non-hydrogen) atoms. The molecule has 1 amide bonds. The summed E-state index contributed by atoms with van der Waals surface area (Å²) in [5.41, 5.74) is 2.61. The second-order valence-corrected chi connectivity index (χ2v) is 6.02. The van der Waals surface area contributed by atoms with E-state index in [9.17, 15) is 4.79 Å². The van der Waals surface area contributed by atoms with Crippen molar-refractivity contribution >= 4 is 11.6 Å². The van der Waals surface area contributed by atoms with Gasteiger partial charge in [0.25, 0.3) is 11.8 Å². The van der Waals surface area contributed by atoms with Gasteiger partial charge in [0.2, 0.25) is 5.82 Å². The number of aromatic nitrogens is 2. The van der Waals surface area contributed by atoms with Crippen LogP contribution < -0.4 is 10.1 Å². The molecule has 0 fully saturated rings. The van der Waals surface area contributed by atoms with E-state index < -0.39 is 0 Å². The van der Waals surface area contributed by atoms with Crippen molar-refractivity contribution in [1.82, 2.24) is 10.1 Å². The second-order valence-electron chi connectivity index (χ2n) is 6.02. The highest BCUT2D eigenvalue weighted by Gasteiger charge is 2.14. The fraction of sp³-hybridized carbons (Fsp3) is 0.0455. The molecule has 0 aliphatic rings. The van der Waals surface area contributed by atoms with E-state index in [0.717, 1.165) is 5.56 Å². The van der Waals surface area contributed by atoms with Gasteiger partial charge in [0.1, 0.15) is 5.75 Å². The Morgan fingerprint density at radius 3 is 2.50 bits per heavy atom. The van der Waals surface area contributed by atoms with E-state index in [1.54, 1.807) is 37.4 Å². The minimum Gasteiger partial charge on any atom is -0.495 e. The average molecular weight is 371 g/mol. The Kier molecular flexibility index (Phi) is 4.84. The summed E-state index contributed by atoms with van der Waals surface area (Å²) in [6.07, 6.45) is 0. The number of anilines is 1. The molecule has 0 spiro atoms. The second kappa shape index (κ2) is 7.75. The zero-order valence-electron chi connectivity index (χ0n) is 15.1. The molecule has 6 heteroatoms. The number of carbonyl (C=O) groups excluding carboxylic acids is 1. The number of amides is 1. The first-order valence-corrected chi connectivity index (χ1v) is 8.68. The molecule has 1 N–H and O–H groups in total. The summed E-state index contributed by atoms with van der Waals surface area (Å²) < 4.78 is 10.7. The number of hydrogen-bond donors (Lipinski definition) is 1. The number of carbonyl (C=O) groups is 1. The zero-order chi connectivity index (χ0) is 19.3. The molecule has 6 nitrogen and oxygen atoms in total. The highest BCUT2D eigenvalue weighted by atomic mass is 16.5. The quantitative estimate of drug-likeness (QED) is 0.552.